The van der Waals surface area contributed by atoms with E-state index in [1.165, 1.54) is 13.2 Å². The predicted molar refractivity (Wildman–Crippen MR) is 79.7 cm³/mol. The molecule has 0 fully saturated rings. The third-order valence-corrected chi connectivity index (χ3v) is 3.31. The number of hydrogen-bond donors (Lipinski definition) is 2. The maximum Gasteiger partial charge on any atom is 0.387 e. The molecule has 2 rings (SSSR count). The summed E-state index contributed by atoms with van der Waals surface area (Å²) >= 11 is 0. The summed E-state index contributed by atoms with van der Waals surface area (Å²) in [7, 11) is 0. The molecule has 1 aromatic carbocycles. The third-order valence-electron chi connectivity index (χ3n) is 3.31. The van der Waals surface area contributed by atoms with Gasteiger partial charge in [-0.05, 0) is 25.1 Å². The molecular weight excluding hydrogens is 326 g/mol. The maximum atomic E-state index is 12.4. The van der Waals surface area contributed by atoms with Gasteiger partial charge in [0.1, 0.15) is 17.1 Å². The lowest BCUT2D eigenvalue weighted by Gasteiger charge is -2.21. The van der Waals surface area contributed by atoms with E-state index in [4.69, 9.17) is 4.42 Å². The van der Waals surface area contributed by atoms with E-state index in [0.29, 0.717) is 5.76 Å². The summed E-state index contributed by atoms with van der Waals surface area (Å²) in [6, 6.07) is 6.57. The van der Waals surface area contributed by atoms with Gasteiger partial charge in [0.2, 0.25) is 0 Å². The molecule has 0 amide bonds. The highest BCUT2D eigenvalue weighted by atomic mass is 19.3. The van der Waals surface area contributed by atoms with Crippen LogP contribution in [-0.2, 0) is 12.1 Å². The van der Waals surface area contributed by atoms with Crippen molar-refractivity contribution in [1.29, 1.82) is 0 Å². The molecule has 9 heteroatoms. The van der Waals surface area contributed by atoms with Gasteiger partial charge in [0.15, 0.2) is 0 Å². The Morgan fingerprint density at radius 2 is 2.21 bits per heavy atom. The van der Waals surface area contributed by atoms with Gasteiger partial charge in [-0.15, -0.1) is 0 Å². The molecule has 0 aliphatic heterocycles. The van der Waals surface area contributed by atoms with Crippen molar-refractivity contribution in [3.63, 3.8) is 0 Å². The number of nitro groups is 1. The van der Waals surface area contributed by atoms with Gasteiger partial charge < -0.3 is 19.6 Å². The molecule has 0 saturated heterocycles. The van der Waals surface area contributed by atoms with Crippen LogP contribution in [0.5, 0.6) is 5.75 Å². The van der Waals surface area contributed by atoms with Crippen molar-refractivity contribution in [2.75, 3.05) is 6.54 Å². The molecule has 0 saturated carbocycles. The molecule has 0 bridgehead atoms. The van der Waals surface area contributed by atoms with E-state index < -0.39 is 17.1 Å². The average Bonchev–Trinajstić information content (AvgIpc) is 3.03. The van der Waals surface area contributed by atoms with Gasteiger partial charge in [0.25, 0.3) is 5.69 Å². The smallest absolute Gasteiger partial charge is 0.387 e. The molecule has 2 aromatic rings. The Hall–Kier alpha value is -2.52. The average molecular weight is 342 g/mol. The van der Waals surface area contributed by atoms with E-state index >= 15 is 0 Å². The molecule has 1 atom stereocenters. The zero-order valence-electron chi connectivity index (χ0n) is 12.7. The van der Waals surface area contributed by atoms with Gasteiger partial charge in [-0.3, -0.25) is 10.1 Å². The van der Waals surface area contributed by atoms with E-state index in [0.717, 1.165) is 18.2 Å². The van der Waals surface area contributed by atoms with Crippen molar-refractivity contribution < 1.29 is 28.0 Å². The fourth-order valence-electron chi connectivity index (χ4n) is 2.14. The quantitative estimate of drug-likeness (QED) is 0.565. The van der Waals surface area contributed by atoms with Gasteiger partial charge in [-0.25, -0.2) is 0 Å². The summed E-state index contributed by atoms with van der Waals surface area (Å²) in [4.78, 5) is 10.2. The number of ether oxygens (including phenoxy) is 1. The van der Waals surface area contributed by atoms with Crippen LogP contribution >= 0.6 is 0 Å². The first-order valence-electron chi connectivity index (χ1n) is 6.99. The molecule has 0 aliphatic rings. The summed E-state index contributed by atoms with van der Waals surface area (Å²) in [5.41, 5.74) is -1.39. The number of alkyl halides is 2. The number of halogens is 2. The first kappa shape index (κ1) is 17.8. The van der Waals surface area contributed by atoms with E-state index in [1.54, 1.807) is 12.1 Å². The lowest BCUT2D eigenvalue weighted by Crippen LogP contribution is -2.34. The zero-order valence-corrected chi connectivity index (χ0v) is 12.7. The number of nitrogens with one attached hydrogen (secondary N) is 1. The number of hydrogen-bond acceptors (Lipinski definition) is 6. The summed E-state index contributed by atoms with van der Waals surface area (Å²) < 4.78 is 34.3. The lowest BCUT2D eigenvalue weighted by atomic mass is 10.0. The SMILES string of the molecule is CC(O)(CNCc1cc([N+](=O)[O-])ccc1OC(F)F)c1ccco1. The van der Waals surface area contributed by atoms with Crippen LogP contribution in [0.3, 0.4) is 0 Å². The van der Waals surface area contributed by atoms with Crippen LogP contribution in [0.25, 0.3) is 0 Å². The molecule has 1 unspecified atom stereocenters. The molecule has 0 aliphatic carbocycles. The van der Waals surface area contributed by atoms with Gasteiger partial charge in [-0.1, -0.05) is 0 Å². The van der Waals surface area contributed by atoms with Crippen molar-refractivity contribution >= 4 is 5.69 Å². The molecule has 0 spiro atoms. The topological polar surface area (TPSA) is 97.8 Å². The third kappa shape index (κ3) is 4.49. The molecule has 0 radical (unpaired) electrons. The number of aliphatic hydroxyl groups is 1. The Morgan fingerprint density at radius 1 is 1.46 bits per heavy atom. The summed E-state index contributed by atoms with van der Waals surface area (Å²) in [5, 5.41) is 24.0. The Morgan fingerprint density at radius 3 is 2.79 bits per heavy atom. The normalized spacial score (nSPS) is 13.7. The fourth-order valence-corrected chi connectivity index (χ4v) is 2.14. The van der Waals surface area contributed by atoms with E-state index in [1.807, 2.05) is 0 Å². The Labute approximate surface area is 136 Å². The molecule has 7 nitrogen and oxygen atoms in total. The predicted octanol–water partition coefficient (Wildman–Crippen LogP) is 2.79. The number of rotatable bonds is 8. The van der Waals surface area contributed by atoms with Crippen molar-refractivity contribution in [1.82, 2.24) is 5.32 Å². The molecule has 130 valence electrons. The second kappa shape index (κ2) is 7.37. The maximum absolute atomic E-state index is 12.4. The van der Waals surface area contributed by atoms with Gasteiger partial charge in [0, 0.05) is 30.8 Å². The highest BCUT2D eigenvalue weighted by Gasteiger charge is 2.26. The summed E-state index contributed by atoms with van der Waals surface area (Å²) in [6.07, 6.45) is 1.42. The van der Waals surface area contributed by atoms with Crippen molar-refractivity contribution in [3.05, 3.63) is 58.0 Å². The molecule has 24 heavy (non-hydrogen) atoms. The highest BCUT2D eigenvalue weighted by molar-refractivity contribution is 5.43. The number of benzene rings is 1. The number of non-ortho nitro benzene ring substituents is 1. The zero-order chi connectivity index (χ0) is 17.7. The summed E-state index contributed by atoms with van der Waals surface area (Å²) in [5.74, 6) is 0.166. The Bertz CT molecular complexity index is 689. The fraction of sp³-hybridized carbons (Fsp3) is 0.333. The standard InChI is InChI=1S/C15H16F2N2O5/c1-15(20,13-3-2-6-23-13)9-18-8-10-7-11(19(21)22)4-5-12(10)24-14(16)17/h2-7,14,18,20H,8-9H2,1H3. The monoisotopic (exact) mass is 342 g/mol. The van der Waals surface area contributed by atoms with Crippen LogP contribution in [0, 0.1) is 10.1 Å². The lowest BCUT2D eigenvalue weighted by molar-refractivity contribution is -0.385. The Balaban J connectivity index is 2.09. The van der Waals surface area contributed by atoms with Gasteiger partial charge in [-0.2, -0.15) is 8.78 Å². The van der Waals surface area contributed by atoms with E-state index in [-0.39, 0.29) is 30.1 Å². The van der Waals surface area contributed by atoms with Gasteiger partial charge >= 0.3 is 6.61 Å². The van der Waals surface area contributed by atoms with Crippen molar-refractivity contribution in [2.24, 2.45) is 0 Å². The van der Waals surface area contributed by atoms with E-state index in [2.05, 4.69) is 10.1 Å². The number of furan rings is 1. The van der Waals surface area contributed by atoms with Crippen molar-refractivity contribution in [2.45, 2.75) is 25.7 Å². The van der Waals surface area contributed by atoms with Crippen LogP contribution in [0.15, 0.2) is 41.0 Å². The number of nitro benzene ring substituents is 1. The van der Waals surface area contributed by atoms with Crippen molar-refractivity contribution in [3.8, 4) is 5.75 Å². The number of nitrogens with zero attached hydrogens (tertiary/aromatic N) is 1. The molecule has 1 aromatic heterocycles. The largest absolute Gasteiger partial charge is 0.466 e. The first-order valence-corrected chi connectivity index (χ1v) is 6.99. The molecular formula is C15H16F2N2O5. The van der Waals surface area contributed by atoms with Crippen LogP contribution in [0.1, 0.15) is 18.2 Å². The second-order valence-electron chi connectivity index (χ2n) is 5.28. The minimum Gasteiger partial charge on any atom is -0.466 e. The van der Waals surface area contributed by atoms with Crippen LogP contribution in [0.4, 0.5) is 14.5 Å². The second-order valence-corrected chi connectivity index (χ2v) is 5.28. The first-order chi connectivity index (χ1) is 11.3. The Kier molecular flexibility index (Phi) is 5.47. The van der Waals surface area contributed by atoms with Crippen LogP contribution in [-0.4, -0.2) is 23.2 Å². The summed E-state index contributed by atoms with van der Waals surface area (Å²) in [6.45, 7) is -1.50. The van der Waals surface area contributed by atoms with Gasteiger partial charge in [0.05, 0.1) is 11.2 Å². The van der Waals surface area contributed by atoms with Crippen LogP contribution < -0.4 is 10.1 Å². The highest BCUT2D eigenvalue weighted by Crippen LogP contribution is 2.26. The van der Waals surface area contributed by atoms with E-state index in [9.17, 15) is 24.0 Å². The molecule has 1 heterocycles. The minimum atomic E-state index is -3.04. The van der Waals surface area contributed by atoms with Crippen LogP contribution in [0.2, 0.25) is 0 Å². The molecule has 2 N–H and O–H groups in total. The minimum absolute atomic E-state index is 0.0133.